The Bertz CT molecular complexity index is 1710. The Morgan fingerprint density at radius 2 is 1.11 bits per heavy atom. The summed E-state index contributed by atoms with van der Waals surface area (Å²) in [6.07, 6.45) is 8.87. The molecule has 10 aliphatic heterocycles. The number of hydrogen-bond acceptors (Lipinski definition) is 7. The molecule has 0 aromatic heterocycles. The van der Waals surface area contributed by atoms with Crippen LogP contribution in [0.5, 0.6) is 0 Å². The van der Waals surface area contributed by atoms with Crippen LogP contribution in [-0.4, -0.2) is 97.0 Å². The molecule has 2 saturated carbocycles. The number of epoxide rings is 2. The highest BCUT2D eigenvalue weighted by Gasteiger charge is 2.91. The topological polar surface area (TPSA) is 47.2 Å². The molecule has 0 radical (unpaired) electrons. The molecule has 244 valence electrons. The maximum Gasteiger partial charge on any atom is 0.160 e. The number of para-hydroxylation sites is 2. The summed E-state index contributed by atoms with van der Waals surface area (Å²) in [5.74, 6) is 0.836. The molecule has 7 heteroatoms. The van der Waals surface area contributed by atoms with Crippen LogP contribution in [0.15, 0.2) is 48.5 Å². The molecule has 7 nitrogen and oxygen atoms in total. The summed E-state index contributed by atoms with van der Waals surface area (Å²) in [6, 6.07) is 20.3. The third-order valence-corrected chi connectivity index (χ3v) is 17.7. The first-order valence-corrected chi connectivity index (χ1v) is 19.3. The minimum absolute atomic E-state index is 0.0456. The summed E-state index contributed by atoms with van der Waals surface area (Å²) in [5.41, 5.74) is 5.78. The molecular formula is C40H46N4O3. The Balaban J connectivity index is 1.08. The summed E-state index contributed by atoms with van der Waals surface area (Å²) >= 11 is 0. The Kier molecular flexibility index (Phi) is 4.01. The van der Waals surface area contributed by atoms with E-state index in [4.69, 9.17) is 14.2 Å². The number of hydrogen-bond donors (Lipinski definition) is 0. The highest BCUT2D eigenvalue weighted by atomic mass is 16.6. The van der Waals surface area contributed by atoms with Crippen molar-refractivity contribution in [3.63, 3.8) is 0 Å². The number of nitrogens with zero attached hydrogens (tertiary/aromatic N) is 4. The van der Waals surface area contributed by atoms with E-state index in [1.54, 1.807) is 11.1 Å². The van der Waals surface area contributed by atoms with E-state index in [2.05, 4.69) is 82.0 Å². The predicted molar refractivity (Wildman–Crippen MR) is 176 cm³/mol. The summed E-state index contributed by atoms with van der Waals surface area (Å²) in [6.45, 7) is 11.7. The van der Waals surface area contributed by atoms with Crippen molar-refractivity contribution in [1.29, 1.82) is 0 Å². The molecule has 4 spiro atoms. The van der Waals surface area contributed by atoms with Crippen molar-refractivity contribution in [3.8, 4) is 0 Å². The molecule has 14 rings (SSSR count). The van der Waals surface area contributed by atoms with Crippen LogP contribution in [-0.2, 0) is 25.0 Å². The molecule has 0 N–H and O–H groups in total. The fourth-order valence-corrected chi connectivity index (χ4v) is 16.8. The smallest absolute Gasteiger partial charge is 0.160 e. The molecule has 2 aromatic carbocycles. The van der Waals surface area contributed by atoms with Crippen molar-refractivity contribution < 1.29 is 14.2 Å². The minimum Gasteiger partial charge on any atom is -0.368 e. The van der Waals surface area contributed by atoms with Crippen LogP contribution in [0.4, 0.5) is 11.4 Å². The lowest BCUT2D eigenvalue weighted by Crippen LogP contribution is -2.90. The van der Waals surface area contributed by atoms with Crippen molar-refractivity contribution in [1.82, 2.24) is 9.80 Å². The van der Waals surface area contributed by atoms with Crippen LogP contribution in [0.1, 0.15) is 63.5 Å². The zero-order valence-corrected chi connectivity index (χ0v) is 27.7. The van der Waals surface area contributed by atoms with Crippen LogP contribution in [0.3, 0.4) is 0 Å². The Morgan fingerprint density at radius 3 is 1.57 bits per heavy atom. The van der Waals surface area contributed by atoms with Gasteiger partial charge in [-0.1, -0.05) is 50.2 Å². The van der Waals surface area contributed by atoms with Crippen molar-refractivity contribution in [3.05, 3.63) is 59.7 Å². The first-order valence-electron chi connectivity index (χ1n) is 19.3. The molecule has 47 heavy (non-hydrogen) atoms. The number of anilines is 2. The summed E-state index contributed by atoms with van der Waals surface area (Å²) in [4.78, 5) is 11.7. The van der Waals surface area contributed by atoms with Gasteiger partial charge >= 0.3 is 0 Å². The van der Waals surface area contributed by atoms with E-state index in [1.807, 2.05) is 0 Å². The van der Waals surface area contributed by atoms with Crippen molar-refractivity contribution in [2.75, 3.05) is 49.1 Å². The van der Waals surface area contributed by atoms with Gasteiger partial charge in [0.15, 0.2) is 11.4 Å². The average molecular weight is 631 g/mol. The highest BCUT2D eigenvalue weighted by molar-refractivity contribution is 5.75. The van der Waals surface area contributed by atoms with Gasteiger partial charge in [-0.15, -0.1) is 0 Å². The van der Waals surface area contributed by atoms with Gasteiger partial charge in [-0.3, -0.25) is 9.80 Å². The van der Waals surface area contributed by atoms with Gasteiger partial charge in [0, 0.05) is 72.3 Å². The van der Waals surface area contributed by atoms with Gasteiger partial charge in [-0.25, -0.2) is 0 Å². The quantitative estimate of drug-likeness (QED) is 0.454. The lowest BCUT2D eigenvalue weighted by molar-refractivity contribution is -0.337. The largest absolute Gasteiger partial charge is 0.368 e. The van der Waals surface area contributed by atoms with E-state index < -0.39 is 0 Å². The maximum absolute atomic E-state index is 8.78. The summed E-state index contributed by atoms with van der Waals surface area (Å²) in [5, 5.41) is 0. The first kappa shape index (κ1) is 25.8. The van der Waals surface area contributed by atoms with E-state index in [-0.39, 0.29) is 33.1 Å². The molecule has 12 aliphatic rings. The van der Waals surface area contributed by atoms with Gasteiger partial charge in [0.1, 0.15) is 0 Å². The van der Waals surface area contributed by atoms with Crippen LogP contribution >= 0.6 is 0 Å². The van der Waals surface area contributed by atoms with Gasteiger partial charge in [0.05, 0.1) is 35.2 Å². The second-order valence-corrected chi connectivity index (χ2v) is 18.2. The maximum atomic E-state index is 8.78. The van der Waals surface area contributed by atoms with Gasteiger partial charge in [-0.2, -0.15) is 0 Å². The molecule has 2 bridgehead atoms. The molecule has 14 atom stereocenters. The van der Waals surface area contributed by atoms with E-state index in [9.17, 15) is 0 Å². The van der Waals surface area contributed by atoms with E-state index in [0.717, 1.165) is 26.2 Å². The normalized spacial score (nSPS) is 56.9. The van der Waals surface area contributed by atoms with Crippen LogP contribution in [0.25, 0.3) is 0 Å². The number of rotatable bonds is 2. The molecule has 0 amide bonds. The molecule has 14 unspecified atom stereocenters. The summed E-state index contributed by atoms with van der Waals surface area (Å²) in [7, 11) is 0. The second kappa shape index (κ2) is 7.32. The molecule has 8 saturated heterocycles. The van der Waals surface area contributed by atoms with E-state index in [0.29, 0.717) is 48.3 Å². The monoisotopic (exact) mass is 630 g/mol. The highest BCUT2D eigenvalue weighted by Crippen LogP contribution is 2.81. The zero-order valence-electron chi connectivity index (χ0n) is 27.7. The van der Waals surface area contributed by atoms with Gasteiger partial charge in [-0.05, 0) is 74.9 Å². The van der Waals surface area contributed by atoms with Crippen LogP contribution in [0, 0.1) is 22.7 Å². The zero-order chi connectivity index (χ0) is 30.5. The lowest BCUT2D eigenvalue weighted by atomic mass is 9.44. The number of fused-ring (bicyclic) bond motifs is 8. The Labute approximate surface area is 277 Å². The fraction of sp³-hybridized carbons (Fsp3) is 0.700. The van der Waals surface area contributed by atoms with Gasteiger partial charge in [0.25, 0.3) is 0 Å². The third-order valence-electron chi connectivity index (χ3n) is 17.7. The molecule has 10 heterocycles. The second-order valence-electron chi connectivity index (χ2n) is 18.2. The SMILES string of the molecule is CCC12CC3CN4c5ccccc5C56CCN7CC8OC8C(CC)(CC8CN9c%10ccccc%10C%10(CCN(CC%11OC%111)C2%10)C39OC845)C76. The van der Waals surface area contributed by atoms with Gasteiger partial charge in [0.2, 0.25) is 0 Å². The van der Waals surface area contributed by atoms with Crippen LogP contribution in [0.2, 0.25) is 0 Å². The fourth-order valence-electron chi connectivity index (χ4n) is 16.8. The summed E-state index contributed by atoms with van der Waals surface area (Å²) < 4.78 is 22.1. The van der Waals surface area contributed by atoms with Crippen molar-refractivity contribution >= 4 is 11.4 Å². The number of ether oxygens (including phenoxy) is 3. The van der Waals surface area contributed by atoms with E-state index >= 15 is 0 Å². The number of piperidine rings is 2. The molecular weight excluding hydrogens is 584 g/mol. The number of benzene rings is 2. The third kappa shape index (κ3) is 2.18. The lowest BCUT2D eigenvalue weighted by Gasteiger charge is -2.77. The molecule has 2 aromatic rings. The minimum atomic E-state index is -0.328. The molecule has 2 aliphatic carbocycles. The van der Waals surface area contributed by atoms with Crippen LogP contribution < -0.4 is 9.80 Å². The predicted octanol–water partition coefficient (Wildman–Crippen LogP) is 4.48. The Hall–Kier alpha value is -2.16. The molecule has 10 fully saturated rings. The van der Waals surface area contributed by atoms with Crippen molar-refractivity contribution in [2.24, 2.45) is 22.7 Å². The van der Waals surface area contributed by atoms with Gasteiger partial charge < -0.3 is 24.0 Å². The van der Waals surface area contributed by atoms with E-state index in [1.165, 1.54) is 63.0 Å². The Morgan fingerprint density at radius 1 is 0.638 bits per heavy atom. The standard InChI is InChI=1S/C40H46N4O3/c1-3-35-17-23-19-43-28-12-8-6-10-26(28)38-14-16-42-22-30-32(46-30)36(4-2,34(38)42)18-24-20-44-27-11-7-5-9-25(27)37(39(23,44)47-40(24,38)43)13-15-41(33(35)37)21-29-31(35)45-29/h5-12,23-24,29-34H,3-4,13-22H2,1-2H3. The van der Waals surface area contributed by atoms with Crippen molar-refractivity contribution in [2.45, 2.75) is 111 Å². The average Bonchev–Trinajstić information content (AvgIpc) is 3.95. The first-order chi connectivity index (χ1) is 23.0.